The minimum atomic E-state index is -0.437. The van der Waals surface area contributed by atoms with Crippen LogP contribution in [0.5, 0.6) is 5.75 Å². The van der Waals surface area contributed by atoms with E-state index in [1.165, 1.54) is 6.21 Å². The van der Waals surface area contributed by atoms with Gasteiger partial charge in [-0.05, 0) is 41.1 Å². The van der Waals surface area contributed by atoms with Gasteiger partial charge in [0.25, 0.3) is 0 Å². The molecule has 0 spiro atoms. The highest BCUT2D eigenvalue weighted by Gasteiger charge is 2.13. The maximum absolute atomic E-state index is 12.4. The van der Waals surface area contributed by atoms with E-state index in [0.717, 1.165) is 16.2 Å². The molecule has 3 aromatic carbocycles. The summed E-state index contributed by atoms with van der Waals surface area (Å²) in [5, 5.41) is 7.53. The van der Waals surface area contributed by atoms with Gasteiger partial charge < -0.3 is 9.15 Å². The van der Waals surface area contributed by atoms with Crippen LogP contribution in [0.2, 0.25) is 5.02 Å². The van der Waals surface area contributed by atoms with Crippen LogP contribution in [0.4, 0.5) is 0 Å². The minimum absolute atomic E-state index is 0.191. The first-order valence-electron chi connectivity index (χ1n) is 8.24. The van der Waals surface area contributed by atoms with Crippen molar-refractivity contribution in [2.75, 3.05) is 7.11 Å². The summed E-state index contributed by atoms with van der Waals surface area (Å²) in [5.41, 5.74) is 3.77. The Balaban J connectivity index is 1.58. The molecule has 4 rings (SSSR count). The van der Waals surface area contributed by atoms with Gasteiger partial charge in [0.05, 0.1) is 13.3 Å². The lowest BCUT2D eigenvalue weighted by atomic mass is 10.1. The second-order valence-corrected chi connectivity index (χ2v) is 6.33. The molecule has 0 radical (unpaired) electrons. The number of ether oxygens (including phenoxy) is 1. The lowest BCUT2D eigenvalue weighted by Gasteiger charge is -2.04. The molecule has 1 aromatic heterocycles. The first-order chi connectivity index (χ1) is 13.2. The van der Waals surface area contributed by atoms with Crippen LogP contribution in [-0.4, -0.2) is 19.2 Å². The summed E-state index contributed by atoms with van der Waals surface area (Å²) in [4.78, 5) is 12.4. The van der Waals surface area contributed by atoms with Crippen molar-refractivity contribution in [3.63, 3.8) is 0 Å². The summed E-state index contributed by atoms with van der Waals surface area (Å²) in [5.74, 6) is 0.358. The number of methoxy groups -OCH3 is 1. The molecule has 0 aliphatic carbocycles. The van der Waals surface area contributed by atoms with Gasteiger partial charge in [0.1, 0.15) is 11.3 Å². The van der Waals surface area contributed by atoms with Crippen molar-refractivity contribution in [1.82, 2.24) is 5.43 Å². The van der Waals surface area contributed by atoms with Crippen molar-refractivity contribution < 1.29 is 13.9 Å². The number of carbonyl (C=O) groups excluding carboxylic acids is 1. The molecule has 27 heavy (non-hydrogen) atoms. The summed E-state index contributed by atoms with van der Waals surface area (Å²) >= 11 is 5.98. The van der Waals surface area contributed by atoms with Gasteiger partial charge in [-0.3, -0.25) is 4.79 Å². The largest absolute Gasteiger partial charge is 0.496 e. The number of hydrogen-bond acceptors (Lipinski definition) is 4. The van der Waals surface area contributed by atoms with Crippen molar-refractivity contribution >= 4 is 45.5 Å². The quantitative estimate of drug-likeness (QED) is 0.401. The van der Waals surface area contributed by atoms with Gasteiger partial charge in [-0.1, -0.05) is 41.9 Å². The first kappa shape index (κ1) is 17.1. The number of nitrogens with one attached hydrogen (secondary N) is 1. The number of halogens is 1. The molecule has 5 nitrogen and oxygen atoms in total. The predicted molar refractivity (Wildman–Crippen MR) is 107 cm³/mol. The average Bonchev–Trinajstić information content (AvgIpc) is 3.13. The molecule has 0 saturated carbocycles. The molecule has 4 aromatic rings. The molecule has 0 saturated heterocycles. The van der Waals surface area contributed by atoms with Crippen molar-refractivity contribution in [3.05, 3.63) is 77.0 Å². The number of rotatable bonds is 4. The van der Waals surface area contributed by atoms with Crippen molar-refractivity contribution in [2.24, 2.45) is 5.10 Å². The Morgan fingerprint density at radius 2 is 1.96 bits per heavy atom. The molecule has 0 unspecified atom stereocenters. The van der Waals surface area contributed by atoms with Crippen molar-refractivity contribution in [2.45, 2.75) is 0 Å². The average molecular weight is 379 g/mol. The summed E-state index contributed by atoms with van der Waals surface area (Å²) in [6.07, 6.45) is 1.47. The molecular weight excluding hydrogens is 364 g/mol. The lowest BCUT2D eigenvalue weighted by Crippen LogP contribution is -2.16. The van der Waals surface area contributed by atoms with Crippen LogP contribution < -0.4 is 10.2 Å². The Bertz CT molecular complexity index is 1180. The molecule has 1 N–H and O–H groups in total. The summed E-state index contributed by atoms with van der Waals surface area (Å²) in [6.45, 7) is 0. The number of benzene rings is 3. The van der Waals surface area contributed by atoms with E-state index in [1.54, 1.807) is 31.4 Å². The van der Waals surface area contributed by atoms with E-state index >= 15 is 0 Å². The monoisotopic (exact) mass is 378 g/mol. The number of hydrazone groups is 1. The zero-order chi connectivity index (χ0) is 18.8. The third kappa shape index (κ3) is 3.37. The standard InChI is InChI=1S/C21H15ClN2O3/c1-26-18-9-7-15(22)10-14(18)12-23-24-21(25)20-11-17-16-5-3-2-4-13(16)6-8-19(17)27-20/h2-12H,1H3,(H,24,25)/b23-12-. The van der Waals surface area contributed by atoms with Gasteiger partial charge in [0, 0.05) is 16.0 Å². The van der Waals surface area contributed by atoms with E-state index in [9.17, 15) is 4.79 Å². The molecule has 0 aliphatic heterocycles. The highest BCUT2D eigenvalue weighted by atomic mass is 35.5. The summed E-state index contributed by atoms with van der Waals surface area (Å²) in [7, 11) is 1.55. The van der Waals surface area contributed by atoms with Gasteiger partial charge in [-0.2, -0.15) is 5.10 Å². The maximum atomic E-state index is 12.4. The Morgan fingerprint density at radius 1 is 1.11 bits per heavy atom. The zero-order valence-electron chi connectivity index (χ0n) is 14.4. The van der Waals surface area contributed by atoms with Crippen molar-refractivity contribution in [3.8, 4) is 5.75 Å². The number of carbonyl (C=O) groups is 1. The highest BCUT2D eigenvalue weighted by Crippen LogP contribution is 2.28. The van der Waals surface area contributed by atoms with Gasteiger partial charge >= 0.3 is 5.91 Å². The number of hydrogen-bond donors (Lipinski definition) is 1. The zero-order valence-corrected chi connectivity index (χ0v) is 15.2. The SMILES string of the molecule is COc1ccc(Cl)cc1/C=N\NC(=O)c1cc2c(ccc3ccccc32)o1. The Labute approximate surface area is 160 Å². The van der Waals surface area contributed by atoms with Crippen LogP contribution in [0.25, 0.3) is 21.7 Å². The maximum Gasteiger partial charge on any atom is 0.307 e. The fourth-order valence-electron chi connectivity index (χ4n) is 2.93. The lowest BCUT2D eigenvalue weighted by molar-refractivity contribution is 0.0929. The Kier molecular flexibility index (Phi) is 4.52. The number of nitrogens with zero attached hydrogens (tertiary/aromatic N) is 1. The fraction of sp³-hybridized carbons (Fsp3) is 0.0476. The molecular formula is C21H15ClN2O3. The highest BCUT2D eigenvalue weighted by molar-refractivity contribution is 6.30. The molecule has 0 fully saturated rings. The smallest absolute Gasteiger partial charge is 0.307 e. The van der Waals surface area contributed by atoms with Crippen LogP contribution in [0, 0.1) is 0 Å². The normalized spacial score (nSPS) is 11.3. The van der Waals surface area contributed by atoms with E-state index < -0.39 is 5.91 Å². The van der Waals surface area contributed by atoms with Gasteiger partial charge in [0.15, 0.2) is 5.76 Å². The van der Waals surface area contributed by atoms with Crippen molar-refractivity contribution in [1.29, 1.82) is 0 Å². The fourth-order valence-corrected chi connectivity index (χ4v) is 3.11. The van der Waals surface area contributed by atoms with E-state index in [-0.39, 0.29) is 5.76 Å². The molecule has 0 bridgehead atoms. The van der Waals surface area contributed by atoms with E-state index in [2.05, 4.69) is 10.5 Å². The van der Waals surface area contributed by atoms with Crippen LogP contribution in [-0.2, 0) is 0 Å². The summed E-state index contributed by atoms with van der Waals surface area (Å²) in [6, 6.07) is 18.6. The van der Waals surface area contributed by atoms with E-state index in [1.807, 2.05) is 36.4 Å². The molecule has 0 aliphatic rings. The Morgan fingerprint density at radius 3 is 2.81 bits per heavy atom. The van der Waals surface area contributed by atoms with E-state index in [0.29, 0.717) is 21.9 Å². The van der Waals surface area contributed by atoms with Gasteiger partial charge in [-0.25, -0.2) is 5.43 Å². The van der Waals surface area contributed by atoms with Gasteiger partial charge in [-0.15, -0.1) is 0 Å². The van der Waals surface area contributed by atoms with E-state index in [4.69, 9.17) is 20.8 Å². The second kappa shape index (κ2) is 7.13. The molecule has 1 amide bonds. The third-order valence-corrected chi connectivity index (χ3v) is 4.45. The van der Waals surface area contributed by atoms with Crippen LogP contribution in [0.3, 0.4) is 0 Å². The second-order valence-electron chi connectivity index (χ2n) is 5.89. The summed E-state index contributed by atoms with van der Waals surface area (Å²) < 4.78 is 10.9. The molecule has 6 heteroatoms. The van der Waals surface area contributed by atoms with Gasteiger partial charge in [0.2, 0.25) is 0 Å². The topological polar surface area (TPSA) is 63.8 Å². The molecule has 1 heterocycles. The minimum Gasteiger partial charge on any atom is -0.496 e. The number of amides is 1. The number of furan rings is 1. The third-order valence-electron chi connectivity index (χ3n) is 4.21. The molecule has 0 atom stereocenters. The van der Waals surface area contributed by atoms with Crippen LogP contribution >= 0.6 is 11.6 Å². The predicted octanol–water partition coefficient (Wildman–Crippen LogP) is 5.01. The Hall–Kier alpha value is -3.31. The first-order valence-corrected chi connectivity index (χ1v) is 8.62. The van der Waals surface area contributed by atoms with Crippen LogP contribution in [0.15, 0.2) is 70.2 Å². The number of fused-ring (bicyclic) bond motifs is 3. The molecule has 134 valence electrons. The van der Waals surface area contributed by atoms with Crippen LogP contribution in [0.1, 0.15) is 16.1 Å².